The van der Waals surface area contributed by atoms with Crippen molar-refractivity contribution in [2.75, 3.05) is 16.8 Å². The standard InChI is InChI=1S/C22H27F3N6O/c1-6-30(13(2)3)17-9-7-16(8-10-17)27-19(32)12-11-18-14(4)26-21-28-20(22(23,24)25)29-31(21)15(18)5/h7-10,13H,6,11-12H2,1-5H3,(H,27,32). The van der Waals surface area contributed by atoms with Crippen molar-refractivity contribution < 1.29 is 18.0 Å². The molecule has 0 aliphatic rings. The van der Waals surface area contributed by atoms with E-state index in [4.69, 9.17) is 0 Å². The van der Waals surface area contributed by atoms with Gasteiger partial charge in [0.05, 0.1) is 0 Å². The number of alkyl halides is 3. The number of benzene rings is 1. The maximum Gasteiger partial charge on any atom is 0.453 e. The Bertz CT molecular complexity index is 1110. The number of aryl methyl sites for hydroxylation is 2. The van der Waals surface area contributed by atoms with Crippen LogP contribution in [0.4, 0.5) is 24.5 Å². The largest absolute Gasteiger partial charge is 0.453 e. The first kappa shape index (κ1) is 23.5. The number of anilines is 2. The Balaban J connectivity index is 1.69. The summed E-state index contributed by atoms with van der Waals surface area (Å²) in [5.74, 6) is -1.53. The molecule has 3 aromatic rings. The molecule has 0 spiro atoms. The Hall–Kier alpha value is -3.17. The fraction of sp³-hybridized carbons (Fsp3) is 0.455. The molecular formula is C22H27F3N6O. The first-order valence-corrected chi connectivity index (χ1v) is 10.5. The van der Waals surface area contributed by atoms with Crippen LogP contribution in [0.5, 0.6) is 0 Å². The van der Waals surface area contributed by atoms with Crippen LogP contribution >= 0.6 is 0 Å². The lowest BCUT2D eigenvalue weighted by Gasteiger charge is -2.27. The SMILES string of the molecule is CCN(c1ccc(NC(=O)CCc2c(C)nc3nc(C(F)(F)F)nn3c2C)cc1)C(C)C. The average Bonchev–Trinajstić information content (AvgIpc) is 3.14. The number of rotatable bonds is 7. The number of fused-ring (bicyclic) bond motifs is 1. The van der Waals surface area contributed by atoms with Crippen molar-refractivity contribution in [2.24, 2.45) is 0 Å². The highest BCUT2D eigenvalue weighted by Crippen LogP contribution is 2.27. The number of aromatic nitrogens is 4. The van der Waals surface area contributed by atoms with Crippen LogP contribution < -0.4 is 10.2 Å². The van der Waals surface area contributed by atoms with Crippen LogP contribution in [-0.4, -0.2) is 38.1 Å². The van der Waals surface area contributed by atoms with Crippen LogP contribution in [0.3, 0.4) is 0 Å². The molecule has 0 atom stereocenters. The minimum atomic E-state index is -4.65. The zero-order valence-corrected chi connectivity index (χ0v) is 18.8. The van der Waals surface area contributed by atoms with Gasteiger partial charge in [-0.1, -0.05) is 0 Å². The molecule has 0 unspecified atom stereocenters. The van der Waals surface area contributed by atoms with Gasteiger partial charge >= 0.3 is 6.18 Å². The van der Waals surface area contributed by atoms with E-state index in [0.717, 1.165) is 16.7 Å². The van der Waals surface area contributed by atoms with Gasteiger partial charge in [-0.2, -0.15) is 18.2 Å². The molecule has 0 radical (unpaired) electrons. The first-order chi connectivity index (χ1) is 15.0. The molecule has 2 aromatic heterocycles. The lowest BCUT2D eigenvalue weighted by atomic mass is 10.1. The number of hydrogen-bond donors (Lipinski definition) is 1. The monoisotopic (exact) mass is 448 g/mol. The molecule has 2 heterocycles. The third kappa shape index (κ3) is 5.00. The highest BCUT2D eigenvalue weighted by molar-refractivity contribution is 5.91. The van der Waals surface area contributed by atoms with Gasteiger partial charge in [0, 0.05) is 41.8 Å². The molecule has 10 heteroatoms. The van der Waals surface area contributed by atoms with Crippen molar-refractivity contribution in [3.05, 3.63) is 47.0 Å². The second-order valence-corrected chi connectivity index (χ2v) is 7.88. The van der Waals surface area contributed by atoms with Crippen LogP contribution in [0.25, 0.3) is 5.78 Å². The molecule has 0 saturated heterocycles. The first-order valence-electron chi connectivity index (χ1n) is 10.5. The van der Waals surface area contributed by atoms with E-state index in [0.29, 0.717) is 35.1 Å². The second-order valence-electron chi connectivity index (χ2n) is 7.88. The van der Waals surface area contributed by atoms with Gasteiger partial charge in [-0.25, -0.2) is 9.50 Å². The maximum atomic E-state index is 12.9. The van der Waals surface area contributed by atoms with E-state index in [2.05, 4.69) is 46.1 Å². The number of halogens is 3. The Morgan fingerprint density at radius 3 is 2.38 bits per heavy atom. The minimum absolute atomic E-state index is 0.108. The van der Waals surface area contributed by atoms with Crippen LogP contribution in [-0.2, 0) is 17.4 Å². The summed E-state index contributed by atoms with van der Waals surface area (Å²) in [5.41, 5.74) is 3.46. The Morgan fingerprint density at radius 1 is 1.16 bits per heavy atom. The van der Waals surface area contributed by atoms with Gasteiger partial charge < -0.3 is 10.2 Å². The van der Waals surface area contributed by atoms with Crippen LogP contribution in [0.2, 0.25) is 0 Å². The number of amides is 1. The summed E-state index contributed by atoms with van der Waals surface area (Å²) < 4.78 is 39.9. The van der Waals surface area contributed by atoms with Gasteiger partial charge in [0.2, 0.25) is 5.91 Å². The van der Waals surface area contributed by atoms with Crippen molar-refractivity contribution in [1.29, 1.82) is 0 Å². The molecule has 32 heavy (non-hydrogen) atoms. The Labute approximate surface area is 184 Å². The van der Waals surface area contributed by atoms with E-state index >= 15 is 0 Å². The summed E-state index contributed by atoms with van der Waals surface area (Å²) in [6.07, 6.45) is -4.17. The summed E-state index contributed by atoms with van der Waals surface area (Å²) in [6.45, 7) is 10.6. The summed E-state index contributed by atoms with van der Waals surface area (Å²) in [5, 5.41) is 6.40. The average molecular weight is 448 g/mol. The Kier molecular flexibility index (Phi) is 6.71. The van der Waals surface area contributed by atoms with E-state index in [1.807, 2.05) is 24.3 Å². The summed E-state index contributed by atoms with van der Waals surface area (Å²) in [4.78, 5) is 22.3. The van der Waals surface area contributed by atoms with Gasteiger partial charge in [-0.15, -0.1) is 5.10 Å². The fourth-order valence-corrected chi connectivity index (χ4v) is 3.73. The predicted molar refractivity (Wildman–Crippen MR) is 117 cm³/mol. The van der Waals surface area contributed by atoms with Gasteiger partial charge in [-0.05, 0) is 70.9 Å². The zero-order chi connectivity index (χ0) is 23.6. The molecule has 0 saturated carbocycles. The number of hydrogen-bond acceptors (Lipinski definition) is 5. The smallest absolute Gasteiger partial charge is 0.369 e. The van der Waals surface area contributed by atoms with Crippen molar-refractivity contribution in [3.8, 4) is 0 Å². The molecule has 0 fully saturated rings. The third-order valence-electron chi connectivity index (χ3n) is 5.35. The molecule has 1 amide bonds. The fourth-order valence-electron chi connectivity index (χ4n) is 3.73. The number of nitrogens with one attached hydrogen (secondary N) is 1. The van der Waals surface area contributed by atoms with Crippen LogP contribution in [0.15, 0.2) is 24.3 Å². The van der Waals surface area contributed by atoms with Crippen LogP contribution in [0, 0.1) is 13.8 Å². The molecule has 0 aliphatic carbocycles. The van der Waals surface area contributed by atoms with E-state index in [1.165, 1.54) is 0 Å². The van der Waals surface area contributed by atoms with E-state index in [-0.39, 0.29) is 18.1 Å². The zero-order valence-electron chi connectivity index (χ0n) is 18.8. The van der Waals surface area contributed by atoms with Crippen molar-refractivity contribution in [2.45, 2.75) is 59.7 Å². The number of carbonyl (C=O) groups is 1. The Morgan fingerprint density at radius 2 is 1.81 bits per heavy atom. The highest BCUT2D eigenvalue weighted by atomic mass is 19.4. The molecule has 172 valence electrons. The number of nitrogens with zero attached hydrogens (tertiary/aromatic N) is 5. The summed E-state index contributed by atoms with van der Waals surface area (Å²) in [6, 6.07) is 8.02. The lowest BCUT2D eigenvalue weighted by Crippen LogP contribution is -2.30. The summed E-state index contributed by atoms with van der Waals surface area (Å²) in [7, 11) is 0. The molecule has 0 aliphatic heterocycles. The summed E-state index contributed by atoms with van der Waals surface area (Å²) >= 11 is 0. The molecule has 1 N–H and O–H groups in total. The maximum absolute atomic E-state index is 12.9. The predicted octanol–water partition coefficient (Wildman–Crippen LogP) is 4.57. The molecule has 1 aromatic carbocycles. The van der Waals surface area contributed by atoms with E-state index in [9.17, 15) is 18.0 Å². The quantitative estimate of drug-likeness (QED) is 0.573. The van der Waals surface area contributed by atoms with Crippen LogP contribution in [0.1, 0.15) is 50.0 Å². The van der Waals surface area contributed by atoms with Gasteiger partial charge in [-0.3, -0.25) is 4.79 Å². The highest BCUT2D eigenvalue weighted by Gasteiger charge is 2.37. The molecule has 3 rings (SSSR count). The van der Waals surface area contributed by atoms with Gasteiger partial charge in [0.25, 0.3) is 11.6 Å². The normalized spacial score (nSPS) is 11.9. The second kappa shape index (κ2) is 9.13. The molecular weight excluding hydrogens is 421 g/mol. The van der Waals surface area contributed by atoms with Crippen molar-refractivity contribution in [3.63, 3.8) is 0 Å². The third-order valence-corrected chi connectivity index (χ3v) is 5.35. The van der Waals surface area contributed by atoms with Crippen molar-refractivity contribution >= 4 is 23.1 Å². The molecule has 0 bridgehead atoms. The van der Waals surface area contributed by atoms with Crippen molar-refractivity contribution in [1.82, 2.24) is 19.6 Å². The number of carbonyl (C=O) groups excluding carboxylic acids is 1. The minimum Gasteiger partial charge on any atom is -0.369 e. The molecule has 7 nitrogen and oxygen atoms in total. The van der Waals surface area contributed by atoms with Gasteiger partial charge in [0.1, 0.15) is 0 Å². The topological polar surface area (TPSA) is 75.4 Å². The van der Waals surface area contributed by atoms with E-state index in [1.54, 1.807) is 13.8 Å². The lowest BCUT2D eigenvalue weighted by molar-refractivity contribution is -0.144. The van der Waals surface area contributed by atoms with Gasteiger partial charge in [0.15, 0.2) is 0 Å². The van der Waals surface area contributed by atoms with E-state index < -0.39 is 12.0 Å².